The Balaban J connectivity index is 1.41. The van der Waals surface area contributed by atoms with Crippen LogP contribution in [0.15, 0.2) is 50.9 Å². The SMILES string of the molecule is CC(C)(O/N=C(\C(=O)NC1C(=O)N2C(C(=O)O)=C(C(N)C(=O)c3cccc4cc(O)c(=O)[nH]c34)CS[C@H]12)c1csc(N)n1)C(=O)O. The third-order valence-electron chi connectivity index (χ3n) is 7.13. The number of pyridine rings is 1. The van der Waals surface area contributed by atoms with Crippen LogP contribution in [0.2, 0.25) is 0 Å². The summed E-state index contributed by atoms with van der Waals surface area (Å²) in [6.07, 6.45) is 0. The van der Waals surface area contributed by atoms with Crippen molar-refractivity contribution in [1.82, 2.24) is 20.2 Å². The van der Waals surface area contributed by atoms with Crippen molar-refractivity contribution in [3.05, 3.63) is 62.5 Å². The Morgan fingerprint density at radius 2 is 1.96 bits per heavy atom. The number of aliphatic carboxylic acids is 2. The number of nitrogens with two attached hydrogens (primary N) is 2. The first-order valence-corrected chi connectivity index (χ1v) is 15.1. The topological polar surface area (TPSA) is 281 Å². The number of aromatic nitrogens is 2. The molecule has 17 nitrogen and oxygen atoms in total. The molecule has 3 aromatic rings. The highest BCUT2D eigenvalue weighted by Gasteiger charge is 2.55. The van der Waals surface area contributed by atoms with Gasteiger partial charge in [-0.05, 0) is 31.6 Å². The van der Waals surface area contributed by atoms with Gasteiger partial charge in [0.05, 0.1) is 11.6 Å². The van der Waals surface area contributed by atoms with Gasteiger partial charge in [0, 0.05) is 22.1 Å². The lowest BCUT2D eigenvalue weighted by atomic mass is 9.93. The summed E-state index contributed by atoms with van der Waals surface area (Å²) in [6, 6.07) is 2.81. The van der Waals surface area contributed by atoms with Crippen LogP contribution in [-0.4, -0.2) is 94.2 Å². The zero-order chi connectivity index (χ0) is 33.7. The largest absolute Gasteiger partial charge is 0.503 e. The van der Waals surface area contributed by atoms with Crippen molar-refractivity contribution in [3.63, 3.8) is 0 Å². The van der Waals surface area contributed by atoms with E-state index in [1.165, 1.54) is 37.4 Å². The van der Waals surface area contributed by atoms with E-state index in [1.54, 1.807) is 6.07 Å². The first kappa shape index (κ1) is 32.1. The fourth-order valence-electron chi connectivity index (χ4n) is 4.64. The number of aromatic amines is 1. The highest BCUT2D eigenvalue weighted by molar-refractivity contribution is 8.00. The zero-order valence-corrected chi connectivity index (χ0v) is 25.5. The fraction of sp³-hybridized carbons (Fsp3) is 0.259. The van der Waals surface area contributed by atoms with Crippen LogP contribution in [0.4, 0.5) is 5.13 Å². The van der Waals surface area contributed by atoms with Gasteiger partial charge in [-0.3, -0.25) is 24.1 Å². The molecular formula is C27H25N7O10S2. The maximum atomic E-state index is 13.5. The number of carboxylic acid groups (broad SMARTS) is 2. The molecule has 0 aliphatic carbocycles. The number of nitrogens with one attached hydrogen (secondary N) is 2. The first-order valence-electron chi connectivity index (χ1n) is 13.2. The van der Waals surface area contributed by atoms with Gasteiger partial charge in [0.25, 0.3) is 17.4 Å². The number of carboxylic acids is 2. The molecule has 3 atom stereocenters. The van der Waals surface area contributed by atoms with Crippen molar-refractivity contribution in [2.75, 3.05) is 11.5 Å². The van der Waals surface area contributed by atoms with Gasteiger partial charge in [0.1, 0.15) is 22.8 Å². The highest BCUT2D eigenvalue weighted by atomic mass is 32.2. The number of oxime groups is 1. The summed E-state index contributed by atoms with van der Waals surface area (Å²) in [6.45, 7) is 2.40. The van der Waals surface area contributed by atoms with E-state index in [-0.39, 0.29) is 33.2 Å². The Labute approximate surface area is 265 Å². The number of hydrogen-bond donors (Lipinski definition) is 7. The summed E-state index contributed by atoms with van der Waals surface area (Å²) in [5.41, 5.74) is 8.21. The van der Waals surface area contributed by atoms with E-state index >= 15 is 0 Å². The molecule has 0 spiro atoms. The quantitative estimate of drug-likeness (QED) is 0.0637. The number of thioether (sulfide) groups is 1. The number of rotatable bonds is 10. The van der Waals surface area contributed by atoms with Crippen molar-refractivity contribution in [3.8, 4) is 5.75 Å². The summed E-state index contributed by atoms with van der Waals surface area (Å²) in [5.74, 6) is -6.13. The van der Waals surface area contributed by atoms with Gasteiger partial charge >= 0.3 is 11.9 Å². The second-order valence-electron chi connectivity index (χ2n) is 10.6. The standard InChI is InChI=1S/C27H25N7O10S2/c1-27(2,25(42)43)44-33-16(12-8-46-26(29)30-12)21(38)32-17-22(39)34-18(24(40)41)11(7-45-23(17)34)14(28)19(36)10-5-3-4-9-6-13(35)20(37)31-15(9)10/h3-6,8,14,17,23,35H,7,28H2,1-2H3,(H2,29,30)(H,31,37)(H,32,38)(H,40,41)(H,42,43)/b33-16-/t14?,17?,23-/m1/s1. The number of H-pyrrole nitrogens is 1. The second-order valence-corrected chi connectivity index (χ2v) is 12.5. The van der Waals surface area contributed by atoms with E-state index in [0.29, 0.717) is 5.39 Å². The van der Waals surface area contributed by atoms with Crippen LogP contribution in [-0.2, 0) is 24.0 Å². The summed E-state index contributed by atoms with van der Waals surface area (Å²) >= 11 is 2.01. The number of anilines is 1. The number of Topliss-reactive ketones (excluding diaryl/α,β-unsaturated/α-hetero) is 1. The van der Waals surface area contributed by atoms with E-state index in [1.807, 2.05) is 0 Å². The number of nitrogen functional groups attached to an aromatic ring is 1. The average Bonchev–Trinajstić information content (AvgIpc) is 3.43. The molecule has 46 heavy (non-hydrogen) atoms. The van der Waals surface area contributed by atoms with Crippen molar-refractivity contribution in [2.45, 2.75) is 36.9 Å². The average molecular weight is 672 g/mol. The maximum absolute atomic E-state index is 13.5. The van der Waals surface area contributed by atoms with Crippen LogP contribution < -0.4 is 22.3 Å². The zero-order valence-electron chi connectivity index (χ0n) is 23.8. The Hall–Kier alpha value is -5.27. The molecule has 1 saturated heterocycles. The molecule has 0 bridgehead atoms. The monoisotopic (exact) mass is 671 g/mol. The third-order valence-corrected chi connectivity index (χ3v) is 9.11. The lowest BCUT2D eigenvalue weighted by Gasteiger charge is -2.49. The van der Waals surface area contributed by atoms with Gasteiger partial charge in [-0.25, -0.2) is 14.6 Å². The lowest BCUT2D eigenvalue weighted by molar-refractivity contribution is -0.161. The molecular weight excluding hydrogens is 646 g/mol. The number of benzene rings is 1. The summed E-state index contributed by atoms with van der Waals surface area (Å²) in [4.78, 5) is 88.4. The van der Waals surface area contributed by atoms with Crippen molar-refractivity contribution < 1.29 is 44.1 Å². The molecule has 2 aliphatic heterocycles. The number of para-hydroxylation sites is 1. The van der Waals surface area contributed by atoms with Gasteiger partial charge < -0.3 is 41.9 Å². The minimum Gasteiger partial charge on any atom is -0.503 e. The van der Waals surface area contributed by atoms with Crippen LogP contribution in [0.25, 0.3) is 10.9 Å². The van der Waals surface area contributed by atoms with Gasteiger partial charge in [-0.15, -0.1) is 23.1 Å². The maximum Gasteiger partial charge on any atom is 0.352 e. The number of thiazole rings is 1. The molecule has 2 amide bonds. The van der Waals surface area contributed by atoms with Crippen molar-refractivity contribution >= 4 is 74.4 Å². The molecule has 2 unspecified atom stereocenters. The molecule has 240 valence electrons. The molecule has 2 aliphatic rings. The Kier molecular flexibility index (Phi) is 8.32. The number of β-lactam (4-membered cyclic amide) rings is 1. The van der Waals surface area contributed by atoms with Gasteiger partial charge in [-0.1, -0.05) is 17.3 Å². The first-order chi connectivity index (χ1) is 21.6. The summed E-state index contributed by atoms with van der Waals surface area (Å²) < 4.78 is 0. The number of carbonyl (C=O) groups is 5. The molecule has 5 rings (SSSR count). The van der Waals surface area contributed by atoms with Crippen LogP contribution in [0.3, 0.4) is 0 Å². The van der Waals surface area contributed by atoms with Crippen LogP contribution in [0, 0.1) is 0 Å². The van der Waals surface area contributed by atoms with Gasteiger partial charge in [-0.2, -0.15) is 0 Å². The molecule has 1 fully saturated rings. The van der Waals surface area contributed by atoms with E-state index in [0.717, 1.165) is 28.0 Å². The van der Waals surface area contributed by atoms with E-state index in [9.17, 15) is 44.1 Å². The molecule has 0 radical (unpaired) electrons. The summed E-state index contributed by atoms with van der Waals surface area (Å²) in [7, 11) is 0. The molecule has 0 saturated carbocycles. The van der Waals surface area contributed by atoms with Crippen LogP contribution >= 0.6 is 23.1 Å². The summed E-state index contributed by atoms with van der Waals surface area (Å²) in [5, 5.41) is 36.2. The van der Waals surface area contributed by atoms with Gasteiger partial charge in [0.15, 0.2) is 22.4 Å². The number of ketones is 1. The second kappa shape index (κ2) is 11.9. The predicted octanol–water partition coefficient (Wildman–Crippen LogP) is -0.195. The number of nitrogens with zero attached hydrogens (tertiary/aromatic N) is 3. The minimum atomic E-state index is -1.83. The minimum absolute atomic E-state index is 0.0330. The number of hydrogen-bond acceptors (Lipinski definition) is 14. The molecule has 2 aromatic heterocycles. The van der Waals surface area contributed by atoms with Crippen molar-refractivity contribution in [2.24, 2.45) is 10.9 Å². The number of fused-ring (bicyclic) bond motifs is 2. The number of amides is 2. The Morgan fingerprint density at radius 3 is 2.59 bits per heavy atom. The Morgan fingerprint density at radius 1 is 1.24 bits per heavy atom. The third kappa shape index (κ3) is 5.66. The smallest absolute Gasteiger partial charge is 0.352 e. The van der Waals surface area contributed by atoms with E-state index < -0.39 is 75.3 Å². The molecule has 4 heterocycles. The van der Waals surface area contributed by atoms with Gasteiger partial charge in [0.2, 0.25) is 5.60 Å². The van der Waals surface area contributed by atoms with Crippen molar-refractivity contribution in [1.29, 1.82) is 0 Å². The Bertz CT molecular complexity index is 1950. The lowest BCUT2D eigenvalue weighted by Crippen LogP contribution is -2.71. The number of aromatic hydroxyl groups is 1. The normalized spacial score (nSPS) is 18.9. The van der Waals surface area contributed by atoms with E-state index in [4.69, 9.17) is 16.3 Å². The predicted molar refractivity (Wildman–Crippen MR) is 164 cm³/mol. The molecule has 19 heteroatoms. The fourth-order valence-corrected chi connectivity index (χ4v) is 6.59. The van der Waals surface area contributed by atoms with Crippen LogP contribution in [0.1, 0.15) is 29.9 Å². The highest BCUT2D eigenvalue weighted by Crippen LogP contribution is 2.41. The number of carbonyl (C=O) groups excluding carboxylic acids is 3. The van der Waals surface area contributed by atoms with Crippen LogP contribution in [0.5, 0.6) is 5.75 Å². The van der Waals surface area contributed by atoms with E-state index in [2.05, 4.69) is 20.4 Å². The molecule has 1 aromatic carbocycles. The molecule has 9 N–H and O–H groups in total.